The molecular weight excluding hydrogens is 328 g/mol. The van der Waals surface area contributed by atoms with E-state index in [1.165, 1.54) is 12.1 Å². The smallest absolute Gasteiger partial charge is 0.238 e. The second kappa shape index (κ2) is 9.00. The highest BCUT2D eigenvalue weighted by Gasteiger charge is 2.14. The molecule has 0 aliphatic carbocycles. The summed E-state index contributed by atoms with van der Waals surface area (Å²) in [7, 11) is -3.63. The van der Waals surface area contributed by atoms with E-state index in [4.69, 9.17) is 9.88 Å². The second-order valence-electron chi connectivity index (χ2n) is 5.72. The summed E-state index contributed by atoms with van der Waals surface area (Å²) in [6.45, 7) is 5.01. The van der Waals surface area contributed by atoms with Crippen LogP contribution in [-0.2, 0) is 21.2 Å². The molecule has 2 rings (SSSR count). The molecule has 0 bridgehead atoms. The lowest BCUT2D eigenvalue weighted by Gasteiger charge is -2.13. The van der Waals surface area contributed by atoms with Crippen LogP contribution in [-0.4, -0.2) is 46.7 Å². The topological polar surface area (TPSA) is 106 Å². The van der Waals surface area contributed by atoms with E-state index in [2.05, 4.69) is 15.6 Å². The first-order chi connectivity index (χ1) is 11.5. The van der Waals surface area contributed by atoms with Gasteiger partial charge in [-0.15, -0.1) is 0 Å². The average molecular weight is 354 g/mol. The normalized spacial score (nSPS) is 18.6. The van der Waals surface area contributed by atoms with Crippen LogP contribution in [0, 0.1) is 0 Å². The zero-order valence-corrected chi connectivity index (χ0v) is 14.8. The number of hydrogen-bond donors (Lipinski definition) is 3. The third kappa shape index (κ3) is 6.10. The summed E-state index contributed by atoms with van der Waals surface area (Å²) in [5, 5.41) is 11.6. The van der Waals surface area contributed by atoms with Gasteiger partial charge in [-0.25, -0.2) is 13.6 Å². The van der Waals surface area contributed by atoms with Crippen molar-refractivity contribution in [1.82, 2.24) is 10.6 Å². The van der Waals surface area contributed by atoms with Gasteiger partial charge in [0.05, 0.1) is 17.5 Å². The molecule has 4 N–H and O–H groups in total. The highest BCUT2D eigenvalue weighted by Crippen LogP contribution is 2.12. The molecule has 134 valence electrons. The predicted molar refractivity (Wildman–Crippen MR) is 94.5 cm³/mol. The minimum atomic E-state index is -3.63. The minimum Gasteiger partial charge on any atom is -0.376 e. The van der Waals surface area contributed by atoms with E-state index in [0.717, 1.165) is 43.9 Å². The van der Waals surface area contributed by atoms with Crippen molar-refractivity contribution < 1.29 is 13.2 Å². The van der Waals surface area contributed by atoms with Crippen LogP contribution in [0.2, 0.25) is 0 Å². The van der Waals surface area contributed by atoms with E-state index in [-0.39, 0.29) is 11.0 Å². The average Bonchev–Trinajstić information content (AvgIpc) is 3.05. The summed E-state index contributed by atoms with van der Waals surface area (Å²) in [4.78, 5) is 4.68. The van der Waals surface area contributed by atoms with Crippen LogP contribution in [0.25, 0.3) is 0 Å². The first kappa shape index (κ1) is 18.7. The largest absolute Gasteiger partial charge is 0.376 e. The number of benzene rings is 1. The molecule has 0 amide bonds. The van der Waals surface area contributed by atoms with Crippen LogP contribution in [0.5, 0.6) is 0 Å². The fourth-order valence-electron chi connectivity index (χ4n) is 2.49. The number of sulfonamides is 1. The van der Waals surface area contributed by atoms with Gasteiger partial charge in [-0.3, -0.25) is 4.99 Å². The predicted octanol–water partition coefficient (Wildman–Crippen LogP) is 0.611. The SMILES string of the molecule is CCNC(=NCC1CCCO1)NCCc1ccc(S(N)(=O)=O)cc1. The monoisotopic (exact) mass is 354 g/mol. The van der Waals surface area contributed by atoms with Gasteiger partial charge in [0.2, 0.25) is 10.0 Å². The van der Waals surface area contributed by atoms with Gasteiger partial charge in [0.25, 0.3) is 0 Å². The quantitative estimate of drug-likeness (QED) is 0.491. The fraction of sp³-hybridized carbons (Fsp3) is 0.562. The molecule has 1 aromatic carbocycles. The lowest BCUT2D eigenvalue weighted by molar-refractivity contribution is 0.117. The first-order valence-corrected chi connectivity index (χ1v) is 9.79. The number of rotatable bonds is 7. The molecule has 1 unspecified atom stereocenters. The Kier molecular flexibility index (Phi) is 7.01. The molecule has 24 heavy (non-hydrogen) atoms. The van der Waals surface area contributed by atoms with E-state index in [1.54, 1.807) is 12.1 Å². The van der Waals surface area contributed by atoms with Crippen LogP contribution >= 0.6 is 0 Å². The van der Waals surface area contributed by atoms with Gasteiger partial charge in [0, 0.05) is 19.7 Å². The molecule has 1 aliphatic rings. The van der Waals surface area contributed by atoms with Crippen molar-refractivity contribution in [3.63, 3.8) is 0 Å². The third-order valence-corrected chi connectivity index (χ3v) is 4.71. The van der Waals surface area contributed by atoms with Gasteiger partial charge in [0.1, 0.15) is 0 Å². The maximum atomic E-state index is 11.2. The van der Waals surface area contributed by atoms with Gasteiger partial charge < -0.3 is 15.4 Å². The minimum absolute atomic E-state index is 0.130. The molecule has 1 heterocycles. The Morgan fingerprint density at radius 1 is 1.33 bits per heavy atom. The Labute approximate surface area is 143 Å². The van der Waals surface area contributed by atoms with E-state index in [0.29, 0.717) is 13.1 Å². The van der Waals surface area contributed by atoms with Gasteiger partial charge in [-0.1, -0.05) is 12.1 Å². The van der Waals surface area contributed by atoms with Crippen molar-refractivity contribution in [1.29, 1.82) is 0 Å². The number of primary sulfonamides is 1. The summed E-state index contributed by atoms with van der Waals surface area (Å²) in [6, 6.07) is 6.61. The maximum Gasteiger partial charge on any atom is 0.238 e. The molecule has 0 spiro atoms. The van der Waals surface area contributed by atoms with Crippen molar-refractivity contribution in [2.75, 3.05) is 26.2 Å². The molecule has 1 atom stereocenters. The van der Waals surface area contributed by atoms with E-state index < -0.39 is 10.0 Å². The highest BCUT2D eigenvalue weighted by molar-refractivity contribution is 7.89. The van der Waals surface area contributed by atoms with E-state index in [9.17, 15) is 8.42 Å². The van der Waals surface area contributed by atoms with Crippen molar-refractivity contribution in [2.24, 2.45) is 10.1 Å². The second-order valence-corrected chi connectivity index (χ2v) is 7.28. The molecule has 0 saturated carbocycles. The number of hydrogen-bond acceptors (Lipinski definition) is 4. The maximum absolute atomic E-state index is 11.2. The van der Waals surface area contributed by atoms with Gasteiger partial charge in [-0.05, 0) is 43.9 Å². The van der Waals surface area contributed by atoms with Gasteiger partial charge in [-0.2, -0.15) is 0 Å². The number of nitrogens with zero attached hydrogens (tertiary/aromatic N) is 1. The number of nitrogens with one attached hydrogen (secondary N) is 2. The molecule has 1 aromatic rings. The van der Waals surface area contributed by atoms with Gasteiger partial charge >= 0.3 is 0 Å². The molecule has 8 heteroatoms. The number of ether oxygens (including phenoxy) is 1. The van der Waals surface area contributed by atoms with Gasteiger partial charge in [0.15, 0.2) is 5.96 Å². The lowest BCUT2D eigenvalue weighted by Crippen LogP contribution is -2.38. The summed E-state index contributed by atoms with van der Waals surface area (Å²) in [6.07, 6.45) is 3.17. The number of aliphatic imine (C=N–C) groups is 1. The van der Waals surface area contributed by atoms with E-state index in [1.807, 2.05) is 6.92 Å². The van der Waals surface area contributed by atoms with Crippen molar-refractivity contribution in [3.8, 4) is 0 Å². The Morgan fingerprint density at radius 3 is 2.67 bits per heavy atom. The van der Waals surface area contributed by atoms with E-state index >= 15 is 0 Å². The molecule has 7 nitrogen and oxygen atoms in total. The van der Waals surface area contributed by atoms with Crippen molar-refractivity contribution >= 4 is 16.0 Å². The molecule has 1 fully saturated rings. The number of guanidine groups is 1. The molecule has 1 aliphatic heterocycles. The Hall–Kier alpha value is -1.64. The molecule has 0 aromatic heterocycles. The molecule has 0 radical (unpaired) electrons. The van der Waals surface area contributed by atoms with Crippen LogP contribution < -0.4 is 15.8 Å². The highest BCUT2D eigenvalue weighted by atomic mass is 32.2. The standard InChI is InChI=1S/C16H26N4O3S/c1-2-18-16(20-12-14-4-3-11-23-14)19-10-9-13-5-7-15(8-6-13)24(17,21)22/h5-8,14H,2-4,9-12H2,1H3,(H2,17,21,22)(H2,18,19,20). The van der Waals surface area contributed by atoms with Crippen LogP contribution in [0.3, 0.4) is 0 Å². The zero-order chi connectivity index (χ0) is 17.4. The van der Waals surface area contributed by atoms with Crippen LogP contribution in [0.15, 0.2) is 34.2 Å². The van der Waals surface area contributed by atoms with Crippen molar-refractivity contribution in [2.45, 2.75) is 37.2 Å². The third-order valence-electron chi connectivity index (χ3n) is 3.78. The molecule has 1 saturated heterocycles. The van der Waals surface area contributed by atoms with Crippen LogP contribution in [0.4, 0.5) is 0 Å². The summed E-state index contributed by atoms with van der Waals surface area (Å²) >= 11 is 0. The summed E-state index contributed by atoms with van der Waals surface area (Å²) in [5.41, 5.74) is 1.03. The first-order valence-electron chi connectivity index (χ1n) is 8.24. The number of nitrogens with two attached hydrogens (primary N) is 1. The zero-order valence-electron chi connectivity index (χ0n) is 14.0. The fourth-order valence-corrected chi connectivity index (χ4v) is 3.01. The summed E-state index contributed by atoms with van der Waals surface area (Å²) in [5.74, 6) is 0.772. The Bertz CT molecular complexity index is 638. The Balaban J connectivity index is 1.82. The van der Waals surface area contributed by atoms with Crippen molar-refractivity contribution in [3.05, 3.63) is 29.8 Å². The summed E-state index contributed by atoms with van der Waals surface area (Å²) < 4.78 is 28.0. The molecular formula is C16H26N4O3S. The Morgan fingerprint density at radius 2 is 2.08 bits per heavy atom. The van der Waals surface area contributed by atoms with Crippen LogP contribution in [0.1, 0.15) is 25.3 Å². The lowest BCUT2D eigenvalue weighted by atomic mass is 10.1.